The summed E-state index contributed by atoms with van der Waals surface area (Å²) in [5.41, 5.74) is 10.1. The molecule has 0 radical (unpaired) electrons. The molecule has 0 aliphatic rings. The largest absolute Gasteiger partial charge is 0.497 e. The average Bonchev–Trinajstić information content (AvgIpc) is 2.48. The highest BCUT2D eigenvalue weighted by Crippen LogP contribution is 2.31. The number of ether oxygens (including phenoxy) is 2. The van der Waals surface area contributed by atoms with E-state index in [1.54, 1.807) is 7.11 Å². The van der Waals surface area contributed by atoms with Gasteiger partial charge in [0.25, 0.3) is 0 Å². The molecule has 0 saturated carbocycles. The zero-order valence-corrected chi connectivity index (χ0v) is 13.1. The summed E-state index contributed by atoms with van der Waals surface area (Å²) in [4.78, 5) is 0. The molecule has 2 rings (SSSR count). The molecule has 0 amide bonds. The van der Waals surface area contributed by atoms with Crippen molar-refractivity contribution in [3.05, 3.63) is 53.1 Å². The molecule has 112 valence electrons. The molecular formula is C18H23NO2. The number of nitrogen functional groups attached to an aromatic ring is 1. The molecule has 0 aromatic heterocycles. The van der Waals surface area contributed by atoms with Crippen LogP contribution in [0.1, 0.15) is 36.5 Å². The van der Waals surface area contributed by atoms with Crippen LogP contribution >= 0.6 is 0 Å². The predicted octanol–water partition coefficient (Wildman–Crippen LogP) is 4.29. The normalized spacial score (nSPS) is 10.7. The second kappa shape index (κ2) is 6.53. The highest BCUT2D eigenvalue weighted by atomic mass is 16.5. The van der Waals surface area contributed by atoms with Crippen molar-refractivity contribution in [2.24, 2.45) is 0 Å². The van der Waals surface area contributed by atoms with Crippen molar-refractivity contribution < 1.29 is 9.47 Å². The van der Waals surface area contributed by atoms with Crippen LogP contribution in [0.15, 0.2) is 36.4 Å². The van der Waals surface area contributed by atoms with Crippen LogP contribution in [0.2, 0.25) is 0 Å². The fourth-order valence-electron chi connectivity index (χ4n) is 2.22. The van der Waals surface area contributed by atoms with Crippen LogP contribution in [-0.4, -0.2) is 7.11 Å². The van der Waals surface area contributed by atoms with Crippen LogP contribution < -0.4 is 15.2 Å². The maximum absolute atomic E-state index is 6.01. The van der Waals surface area contributed by atoms with Gasteiger partial charge in [-0.1, -0.05) is 26.0 Å². The second-order valence-electron chi connectivity index (χ2n) is 5.54. The molecule has 2 aromatic carbocycles. The van der Waals surface area contributed by atoms with Crippen molar-refractivity contribution in [2.75, 3.05) is 12.8 Å². The lowest BCUT2D eigenvalue weighted by atomic mass is 9.99. The Morgan fingerprint density at radius 1 is 1.14 bits per heavy atom. The smallest absolute Gasteiger partial charge is 0.123 e. The van der Waals surface area contributed by atoms with E-state index in [0.717, 1.165) is 33.9 Å². The molecule has 0 atom stereocenters. The molecule has 0 unspecified atom stereocenters. The number of hydrogen-bond donors (Lipinski definition) is 1. The summed E-state index contributed by atoms with van der Waals surface area (Å²) in [6.07, 6.45) is 0. The van der Waals surface area contributed by atoms with Crippen molar-refractivity contribution in [1.29, 1.82) is 0 Å². The molecular weight excluding hydrogens is 262 g/mol. The third-order valence-electron chi connectivity index (χ3n) is 3.55. The summed E-state index contributed by atoms with van der Waals surface area (Å²) in [5.74, 6) is 2.11. The zero-order chi connectivity index (χ0) is 15.4. The first kappa shape index (κ1) is 15.2. The van der Waals surface area contributed by atoms with Gasteiger partial charge in [0, 0.05) is 5.69 Å². The van der Waals surface area contributed by atoms with Crippen LogP contribution in [-0.2, 0) is 6.61 Å². The summed E-state index contributed by atoms with van der Waals surface area (Å²) in [7, 11) is 1.67. The molecule has 2 N–H and O–H groups in total. The topological polar surface area (TPSA) is 44.5 Å². The molecule has 0 fully saturated rings. The Labute approximate surface area is 126 Å². The van der Waals surface area contributed by atoms with Gasteiger partial charge in [-0.25, -0.2) is 0 Å². The van der Waals surface area contributed by atoms with Crippen molar-refractivity contribution in [2.45, 2.75) is 33.3 Å². The standard InChI is InChI=1S/C18H23NO2/c1-12(2)16-10-17(19)13(3)8-18(16)21-11-14-6-5-7-15(9-14)20-4/h5-10,12H,11,19H2,1-4H3. The number of rotatable bonds is 5. The Balaban J connectivity index is 2.20. The molecule has 0 saturated heterocycles. The maximum Gasteiger partial charge on any atom is 0.123 e. The minimum atomic E-state index is 0.369. The summed E-state index contributed by atoms with van der Waals surface area (Å²) in [5, 5.41) is 0. The first-order valence-corrected chi connectivity index (χ1v) is 7.17. The highest BCUT2D eigenvalue weighted by molar-refractivity contribution is 5.55. The first-order valence-electron chi connectivity index (χ1n) is 7.17. The van der Waals surface area contributed by atoms with Gasteiger partial charge in [-0.3, -0.25) is 0 Å². The van der Waals surface area contributed by atoms with E-state index in [1.807, 2.05) is 43.3 Å². The van der Waals surface area contributed by atoms with E-state index in [1.165, 1.54) is 0 Å². The van der Waals surface area contributed by atoms with Crippen LogP contribution in [0.4, 0.5) is 5.69 Å². The summed E-state index contributed by atoms with van der Waals surface area (Å²) in [6.45, 7) is 6.79. The van der Waals surface area contributed by atoms with E-state index >= 15 is 0 Å². The number of aryl methyl sites for hydroxylation is 1. The van der Waals surface area contributed by atoms with Gasteiger partial charge in [0.1, 0.15) is 18.1 Å². The minimum absolute atomic E-state index is 0.369. The Bertz CT molecular complexity index is 621. The van der Waals surface area contributed by atoms with Crippen molar-refractivity contribution in [3.63, 3.8) is 0 Å². The molecule has 2 aromatic rings. The lowest BCUT2D eigenvalue weighted by molar-refractivity contribution is 0.300. The number of hydrogen-bond acceptors (Lipinski definition) is 3. The van der Waals surface area contributed by atoms with Gasteiger partial charge in [-0.15, -0.1) is 0 Å². The maximum atomic E-state index is 6.01. The summed E-state index contributed by atoms with van der Waals surface area (Å²) in [6, 6.07) is 11.9. The quantitative estimate of drug-likeness (QED) is 0.833. The third kappa shape index (κ3) is 3.69. The molecule has 0 heterocycles. The highest BCUT2D eigenvalue weighted by Gasteiger charge is 2.11. The van der Waals surface area contributed by atoms with E-state index in [4.69, 9.17) is 15.2 Å². The van der Waals surface area contributed by atoms with E-state index < -0.39 is 0 Å². The number of anilines is 1. The molecule has 0 aliphatic heterocycles. The Morgan fingerprint density at radius 3 is 2.57 bits per heavy atom. The van der Waals surface area contributed by atoms with E-state index in [9.17, 15) is 0 Å². The lowest BCUT2D eigenvalue weighted by Crippen LogP contribution is -2.02. The molecule has 3 heteroatoms. The number of benzene rings is 2. The second-order valence-corrected chi connectivity index (χ2v) is 5.54. The zero-order valence-electron chi connectivity index (χ0n) is 13.1. The van der Waals surface area contributed by atoms with Gasteiger partial charge in [0.05, 0.1) is 7.11 Å². The van der Waals surface area contributed by atoms with Crippen LogP contribution in [0, 0.1) is 6.92 Å². The fourth-order valence-corrected chi connectivity index (χ4v) is 2.22. The van der Waals surface area contributed by atoms with Crippen molar-refractivity contribution in [1.82, 2.24) is 0 Å². The van der Waals surface area contributed by atoms with Crippen LogP contribution in [0.5, 0.6) is 11.5 Å². The number of methoxy groups -OCH3 is 1. The van der Waals surface area contributed by atoms with Gasteiger partial charge >= 0.3 is 0 Å². The van der Waals surface area contributed by atoms with Gasteiger partial charge in [0.15, 0.2) is 0 Å². The lowest BCUT2D eigenvalue weighted by Gasteiger charge is -2.16. The Morgan fingerprint density at radius 2 is 1.90 bits per heavy atom. The SMILES string of the molecule is COc1cccc(COc2cc(C)c(N)cc2C(C)C)c1. The van der Waals surface area contributed by atoms with Gasteiger partial charge in [-0.05, 0) is 53.8 Å². The van der Waals surface area contributed by atoms with Crippen LogP contribution in [0.3, 0.4) is 0 Å². The van der Waals surface area contributed by atoms with Crippen LogP contribution in [0.25, 0.3) is 0 Å². The van der Waals surface area contributed by atoms with E-state index in [0.29, 0.717) is 12.5 Å². The minimum Gasteiger partial charge on any atom is -0.497 e. The average molecular weight is 285 g/mol. The molecule has 0 bridgehead atoms. The Hall–Kier alpha value is -2.16. The van der Waals surface area contributed by atoms with E-state index in [-0.39, 0.29) is 0 Å². The summed E-state index contributed by atoms with van der Waals surface area (Å²) >= 11 is 0. The van der Waals surface area contributed by atoms with E-state index in [2.05, 4.69) is 13.8 Å². The molecule has 0 aliphatic carbocycles. The fraction of sp³-hybridized carbons (Fsp3) is 0.333. The molecule has 21 heavy (non-hydrogen) atoms. The third-order valence-corrected chi connectivity index (χ3v) is 3.55. The first-order chi connectivity index (χ1) is 10.0. The number of nitrogens with two attached hydrogens (primary N) is 1. The molecule has 0 spiro atoms. The summed E-state index contributed by atoms with van der Waals surface area (Å²) < 4.78 is 11.2. The Kier molecular flexibility index (Phi) is 4.73. The predicted molar refractivity (Wildman–Crippen MR) is 87.0 cm³/mol. The van der Waals surface area contributed by atoms with Gasteiger partial charge < -0.3 is 15.2 Å². The molecule has 3 nitrogen and oxygen atoms in total. The van der Waals surface area contributed by atoms with Gasteiger partial charge in [-0.2, -0.15) is 0 Å². The van der Waals surface area contributed by atoms with Crippen molar-refractivity contribution in [3.8, 4) is 11.5 Å². The van der Waals surface area contributed by atoms with Gasteiger partial charge in [0.2, 0.25) is 0 Å². The van der Waals surface area contributed by atoms with Crippen molar-refractivity contribution >= 4 is 5.69 Å². The monoisotopic (exact) mass is 285 g/mol.